The average molecular weight is 465 g/mol. The molecular formula is C22H37Cl2FN3O2+. The highest BCUT2D eigenvalue weighted by molar-refractivity contribution is 6.30. The highest BCUT2D eigenvalue weighted by Gasteiger charge is 2.51. The molecule has 1 amide bonds. The largest absolute Gasteiger partial charge is 0.447 e. The predicted octanol–water partition coefficient (Wildman–Crippen LogP) is 3.91. The number of likely N-dealkylation sites (tertiary alicyclic amines) is 1. The van der Waals surface area contributed by atoms with E-state index in [2.05, 4.69) is 12.2 Å². The third-order valence-corrected chi connectivity index (χ3v) is 8.79. The van der Waals surface area contributed by atoms with Crippen LogP contribution in [0.4, 0.5) is 4.39 Å². The van der Waals surface area contributed by atoms with Crippen molar-refractivity contribution in [3.8, 4) is 0 Å². The van der Waals surface area contributed by atoms with Crippen LogP contribution in [0.15, 0.2) is 0 Å². The van der Waals surface area contributed by atoms with Crippen molar-refractivity contribution in [2.24, 2.45) is 17.3 Å². The molecule has 4 unspecified atom stereocenters. The van der Waals surface area contributed by atoms with E-state index in [0.717, 1.165) is 25.7 Å². The molecule has 3 fully saturated rings. The number of hydrogen-bond acceptors (Lipinski definition) is 1. The number of halogens is 3. The standard InChI is InChI=1S/C22H36Cl2FN3O2/c1-22(10-4-5-11-22)19(17-16(25)7-6-15(23)18(17)24)26-20(29)14-8-12-28(13-9-14)21(30)27(2)3/h14-19H,4-13H2,1-3H3,(H,26,29)/p+1/t15?,16?,17?,18?,19-/m1/s1. The quantitative estimate of drug-likeness (QED) is 0.287. The van der Waals surface area contributed by atoms with E-state index < -0.39 is 17.5 Å². The van der Waals surface area contributed by atoms with Crippen molar-refractivity contribution in [1.29, 1.82) is 0 Å². The molecule has 0 aromatic heterocycles. The van der Waals surface area contributed by atoms with Crippen molar-refractivity contribution in [2.45, 2.75) is 81.3 Å². The molecule has 5 nitrogen and oxygen atoms in total. The molecule has 2 saturated carbocycles. The minimum Gasteiger partial charge on any atom is -0.447 e. The molecule has 1 heterocycles. The maximum atomic E-state index is 15.1. The topological polar surface area (TPSA) is 55.6 Å². The van der Waals surface area contributed by atoms with Crippen molar-refractivity contribution in [1.82, 2.24) is 10.2 Å². The summed E-state index contributed by atoms with van der Waals surface area (Å²) in [5, 5.41) is 12.7. The van der Waals surface area contributed by atoms with Gasteiger partial charge in [-0.2, -0.15) is 0 Å². The Morgan fingerprint density at radius 2 is 1.77 bits per heavy atom. The number of rotatable bonds is 4. The lowest BCUT2D eigenvalue weighted by Crippen LogP contribution is -2.59. The Morgan fingerprint density at radius 1 is 1.17 bits per heavy atom. The van der Waals surface area contributed by atoms with Crippen molar-refractivity contribution >= 4 is 35.1 Å². The van der Waals surface area contributed by atoms with Crippen LogP contribution in [0.3, 0.4) is 0 Å². The van der Waals surface area contributed by atoms with Crippen molar-refractivity contribution in [3.63, 3.8) is 0 Å². The fourth-order valence-electron chi connectivity index (χ4n) is 5.63. The summed E-state index contributed by atoms with van der Waals surface area (Å²) in [7, 11) is 3.59. The van der Waals surface area contributed by atoms with E-state index in [0.29, 0.717) is 38.8 Å². The number of amidine groups is 1. The van der Waals surface area contributed by atoms with E-state index in [4.69, 9.17) is 23.2 Å². The SMILES string of the molecule is C[N+](C)=C(O)N1CCC(C(=O)N[C@H](C2C(F)CCC(Cl)C2Cl)C2(C)CCCC2)CC1. The van der Waals surface area contributed by atoms with Crippen LogP contribution in [0.2, 0.25) is 0 Å². The summed E-state index contributed by atoms with van der Waals surface area (Å²) < 4.78 is 16.8. The molecule has 0 aromatic rings. The van der Waals surface area contributed by atoms with Gasteiger partial charge in [-0.25, -0.2) is 13.9 Å². The zero-order valence-electron chi connectivity index (χ0n) is 18.4. The van der Waals surface area contributed by atoms with Gasteiger partial charge in [-0.3, -0.25) is 4.79 Å². The smallest absolute Gasteiger partial charge is 0.443 e. The molecule has 5 atom stereocenters. The molecule has 0 radical (unpaired) electrons. The maximum absolute atomic E-state index is 15.1. The summed E-state index contributed by atoms with van der Waals surface area (Å²) in [6.07, 6.45) is 5.42. The number of piperidine rings is 1. The van der Waals surface area contributed by atoms with E-state index in [1.807, 2.05) is 4.90 Å². The van der Waals surface area contributed by atoms with Gasteiger partial charge in [-0.15, -0.1) is 23.2 Å². The summed E-state index contributed by atoms with van der Waals surface area (Å²) in [4.78, 5) is 15.1. The van der Waals surface area contributed by atoms with Crippen LogP contribution in [0.1, 0.15) is 58.3 Å². The average Bonchev–Trinajstić information content (AvgIpc) is 3.17. The van der Waals surface area contributed by atoms with E-state index >= 15 is 4.39 Å². The number of aliphatic hydroxyl groups is 1. The number of carbonyl (C=O) groups is 1. The van der Waals surface area contributed by atoms with Crippen molar-refractivity contribution in [3.05, 3.63) is 0 Å². The van der Waals surface area contributed by atoms with E-state index in [9.17, 15) is 9.90 Å². The Kier molecular flexibility index (Phi) is 7.81. The molecule has 1 saturated heterocycles. The minimum atomic E-state index is -1.04. The molecule has 1 aliphatic heterocycles. The molecule has 0 bridgehead atoms. The molecule has 3 rings (SSSR count). The van der Waals surface area contributed by atoms with Gasteiger partial charge in [-0.05, 0) is 43.9 Å². The van der Waals surface area contributed by atoms with Crippen LogP contribution in [-0.4, -0.2) is 76.7 Å². The Morgan fingerprint density at radius 3 is 2.33 bits per heavy atom. The van der Waals surface area contributed by atoms with Gasteiger partial charge in [0.05, 0.1) is 37.9 Å². The van der Waals surface area contributed by atoms with Crippen LogP contribution in [-0.2, 0) is 4.79 Å². The molecule has 0 spiro atoms. The molecule has 2 aliphatic carbocycles. The summed E-state index contributed by atoms with van der Waals surface area (Å²) in [6, 6.07) is -0.0721. The zero-order chi connectivity index (χ0) is 22.1. The van der Waals surface area contributed by atoms with Gasteiger partial charge < -0.3 is 10.4 Å². The monoisotopic (exact) mass is 464 g/mol. The Bertz CT molecular complexity index is 644. The first kappa shape index (κ1) is 23.9. The predicted molar refractivity (Wildman–Crippen MR) is 119 cm³/mol. The maximum Gasteiger partial charge on any atom is 0.443 e. The lowest BCUT2D eigenvalue weighted by Gasteiger charge is -2.46. The van der Waals surface area contributed by atoms with Crippen molar-refractivity contribution < 1.29 is 18.9 Å². The highest BCUT2D eigenvalue weighted by atomic mass is 35.5. The number of aliphatic hydroxyl groups excluding tert-OH is 1. The summed E-state index contributed by atoms with van der Waals surface area (Å²) >= 11 is 13.1. The van der Waals surface area contributed by atoms with Gasteiger partial charge in [0, 0.05) is 17.9 Å². The molecule has 8 heteroatoms. The third-order valence-electron chi connectivity index (χ3n) is 7.58. The second-order valence-corrected chi connectivity index (χ2v) is 11.0. The van der Waals surface area contributed by atoms with Crippen molar-refractivity contribution in [2.75, 3.05) is 27.2 Å². The van der Waals surface area contributed by atoms with Gasteiger partial charge in [-0.1, -0.05) is 19.8 Å². The van der Waals surface area contributed by atoms with Crippen LogP contribution in [0, 0.1) is 17.3 Å². The Hall–Kier alpha value is -0.750. The van der Waals surface area contributed by atoms with Crippen LogP contribution in [0.5, 0.6) is 0 Å². The number of amides is 1. The number of alkyl halides is 3. The van der Waals surface area contributed by atoms with Crippen LogP contribution in [0.25, 0.3) is 0 Å². The lowest BCUT2D eigenvalue weighted by molar-refractivity contribution is -0.480. The molecule has 2 N–H and O–H groups in total. The first-order chi connectivity index (χ1) is 14.1. The number of carbonyl (C=O) groups excluding carboxylic acids is 1. The fraction of sp³-hybridized carbons (Fsp3) is 0.909. The normalized spacial score (nSPS) is 33.2. The molecule has 3 aliphatic rings. The number of nitrogens with zero attached hydrogens (tertiary/aromatic N) is 2. The fourth-order valence-corrected chi connectivity index (χ4v) is 6.35. The molecule has 0 aromatic carbocycles. The Labute approximate surface area is 190 Å². The van der Waals surface area contributed by atoms with Gasteiger partial charge in [0.25, 0.3) is 0 Å². The Balaban J connectivity index is 1.72. The van der Waals surface area contributed by atoms with Gasteiger partial charge in [0.1, 0.15) is 6.17 Å². The first-order valence-corrected chi connectivity index (χ1v) is 12.2. The van der Waals surface area contributed by atoms with Gasteiger partial charge in [0.2, 0.25) is 5.91 Å². The van der Waals surface area contributed by atoms with Gasteiger partial charge in [0.15, 0.2) is 0 Å². The van der Waals surface area contributed by atoms with E-state index in [-0.39, 0.29) is 34.7 Å². The summed E-state index contributed by atoms with van der Waals surface area (Å²) in [6.45, 7) is 3.42. The lowest BCUT2D eigenvalue weighted by atomic mass is 9.68. The third kappa shape index (κ3) is 5.01. The van der Waals surface area contributed by atoms with Crippen LogP contribution >= 0.6 is 23.2 Å². The van der Waals surface area contributed by atoms with E-state index in [1.165, 1.54) is 0 Å². The minimum absolute atomic E-state index is 0.00937. The van der Waals surface area contributed by atoms with Crippen LogP contribution < -0.4 is 5.32 Å². The molecule has 30 heavy (non-hydrogen) atoms. The number of nitrogens with one attached hydrogen (secondary N) is 1. The molecule has 172 valence electrons. The zero-order valence-corrected chi connectivity index (χ0v) is 19.9. The second-order valence-electron chi connectivity index (χ2n) is 9.93. The van der Waals surface area contributed by atoms with E-state index in [1.54, 1.807) is 18.7 Å². The molecular weight excluding hydrogens is 428 g/mol. The second kappa shape index (κ2) is 9.81. The number of hydrogen-bond donors (Lipinski definition) is 2. The van der Waals surface area contributed by atoms with Gasteiger partial charge >= 0.3 is 6.02 Å². The first-order valence-electron chi connectivity index (χ1n) is 11.3. The highest BCUT2D eigenvalue weighted by Crippen LogP contribution is 2.48. The summed E-state index contributed by atoms with van der Waals surface area (Å²) in [5.41, 5.74) is -0.149. The summed E-state index contributed by atoms with van der Waals surface area (Å²) in [5.74, 6) is -0.600.